The van der Waals surface area contributed by atoms with Gasteiger partial charge in [0.25, 0.3) is 17.0 Å². The molecule has 172 valence electrons. The fourth-order valence-electron chi connectivity index (χ4n) is 3.02. The standard InChI is InChI=1S/C23H16ClFN4O4S/c1-13-5-2-3-8-17(13)27-19(30)12-29-21(31)18(34-23(29)32)10-14-6-4-7-15(9-14)33-20-16(25)11-26-22(24)28-20/h2-11H,12H2,1H3,(H,27,30)/b18-10+. The molecule has 1 saturated heterocycles. The molecule has 0 atom stereocenters. The highest BCUT2D eigenvalue weighted by Gasteiger charge is 2.36. The lowest BCUT2D eigenvalue weighted by Crippen LogP contribution is -2.36. The fourth-order valence-corrected chi connectivity index (χ4v) is 3.98. The zero-order chi connectivity index (χ0) is 24.2. The summed E-state index contributed by atoms with van der Waals surface area (Å²) in [6, 6.07) is 13.6. The van der Waals surface area contributed by atoms with Crippen LogP contribution in [0.25, 0.3) is 6.08 Å². The van der Waals surface area contributed by atoms with Crippen molar-refractivity contribution in [2.24, 2.45) is 0 Å². The Kier molecular flexibility index (Phi) is 6.90. The molecule has 0 aliphatic carbocycles. The Bertz CT molecular complexity index is 1330. The average Bonchev–Trinajstić information content (AvgIpc) is 3.05. The molecule has 0 unspecified atom stereocenters. The molecule has 1 N–H and O–H groups in total. The molecule has 2 heterocycles. The van der Waals surface area contributed by atoms with Gasteiger partial charge in [0.2, 0.25) is 17.0 Å². The number of benzene rings is 2. The summed E-state index contributed by atoms with van der Waals surface area (Å²) in [5.74, 6) is -1.98. The van der Waals surface area contributed by atoms with E-state index in [1.807, 2.05) is 19.1 Å². The molecule has 1 aliphatic heterocycles. The molecule has 0 radical (unpaired) electrons. The maximum atomic E-state index is 13.8. The van der Waals surface area contributed by atoms with Crippen LogP contribution in [-0.4, -0.2) is 38.5 Å². The monoisotopic (exact) mass is 498 g/mol. The number of thioether (sulfide) groups is 1. The number of nitrogens with one attached hydrogen (secondary N) is 1. The molecule has 0 spiro atoms. The number of nitrogens with zero attached hydrogens (tertiary/aromatic N) is 3. The number of hydrogen-bond donors (Lipinski definition) is 1. The van der Waals surface area contributed by atoms with E-state index in [9.17, 15) is 18.8 Å². The van der Waals surface area contributed by atoms with Gasteiger partial charge >= 0.3 is 0 Å². The molecular weight excluding hydrogens is 483 g/mol. The van der Waals surface area contributed by atoms with Gasteiger partial charge in [-0.1, -0.05) is 30.3 Å². The Labute approximate surface area is 202 Å². The Morgan fingerprint density at radius 3 is 2.82 bits per heavy atom. The van der Waals surface area contributed by atoms with E-state index >= 15 is 0 Å². The van der Waals surface area contributed by atoms with E-state index < -0.39 is 29.4 Å². The van der Waals surface area contributed by atoms with Crippen molar-refractivity contribution < 1.29 is 23.5 Å². The molecule has 1 fully saturated rings. The Hall–Kier alpha value is -3.76. The number of carbonyl (C=O) groups excluding carboxylic acids is 3. The van der Waals surface area contributed by atoms with Crippen LogP contribution in [0, 0.1) is 12.7 Å². The summed E-state index contributed by atoms with van der Waals surface area (Å²) in [5, 5.41) is 1.97. The van der Waals surface area contributed by atoms with E-state index in [1.54, 1.807) is 30.3 Å². The van der Waals surface area contributed by atoms with Crippen LogP contribution in [0.4, 0.5) is 14.9 Å². The summed E-state index contributed by atoms with van der Waals surface area (Å²) in [5.41, 5.74) is 1.98. The third-order valence-corrected chi connectivity index (χ3v) is 5.74. The second-order valence-corrected chi connectivity index (χ2v) is 8.43. The second-order valence-electron chi connectivity index (χ2n) is 7.10. The van der Waals surface area contributed by atoms with E-state index in [-0.39, 0.29) is 21.8 Å². The number of halogens is 2. The van der Waals surface area contributed by atoms with Gasteiger partial charge in [-0.05, 0) is 65.7 Å². The average molecular weight is 499 g/mol. The first-order valence-corrected chi connectivity index (χ1v) is 11.1. The highest BCUT2D eigenvalue weighted by Crippen LogP contribution is 2.33. The van der Waals surface area contributed by atoms with Crippen LogP contribution in [0.2, 0.25) is 5.28 Å². The number of para-hydroxylation sites is 1. The third kappa shape index (κ3) is 5.41. The molecular formula is C23H16ClFN4O4S. The number of ether oxygens (including phenoxy) is 1. The van der Waals surface area contributed by atoms with Gasteiger partial charge in [0.05, 0.1) is 11.1 Å². The van der Waals surface area contributed by atoms with Crippen LogP contribution in [0.5, 0.6) is 11.6 Å². The zero-order valence-electron chi connectivity index (χ0n) is 17.6. The van der Waals surface area contributed by atoms with Crippen molar-refractivity contribution in [3.63, 3.8) is 0 Å². The van der Waals surface area contributed by atoms with Gasteiger partial charge in [0.15, 0.2) is 0 Å². The molecule has 34 heavy (non-hydrogen) atoms. The van der Waals surface area contributed by atoms with Crippen LogP contribution in [0.1, 0.15) is 11.1 Å². The highest BCUT2D eigenvalue weighted by atomic mass is 35.5. The van der Waals surface area contributed by atoms with Crippen molar-refractivity contribution in [1.82, 2.24) is 14.9 Å². The van der Waals surface area contributed by atoms with Crippen LogP contribution >= 0.6 is 23.4 Å². The quantitative estimate of drug-likeness (QED) is 0.375. The van der Waals surface area contributed by atoms with Crippen molar-refractivity contribution in [2.75, 3.05) is 11.9 Å². The van der Waals surface area contributed by atoms with Gasteiger partial charge in [-0.2, -0.15) is 9.37 Å². The Morgan fingerprint density at radius 2 is 2.03 bits per heavy atom. The Balaban J connectivity index is 1.46. The molecule has 3 amide bonds. The van der Waals surface area contributed by atoms with Gasteiger partial charge in [-0.25, -0.2) is 4.98 Å². The summed E-state index contributed by atoms with van der Waals surface area (Å²) in [7, 11) is 0. The van der Waals surface area contributed by atoms with Crippen LogP contribution in [-0.2, 0) is 9.59 Å². The first-order chi connectivity index (χ1) is 16.3. The zero-order valence-corrected chi connectivity index (χ0v) is 19.2. The number of aromatic nitrogens is 2. The van der Waals surface area contributed by atoms with Gasteiger partial charge in [-0.15, -0.1) is 0 Å². The topological polar surface area (TPSA) is 101 Å². The minimum absolute atomic E-state index is 0.141. The predicted molar refractivity (Wildman–Crippen MR) is 126 cm³/mol. The Morgan fingerprint density at radius 1 is 1.24 bits per heavy atom. The van der Waals surface area contributed by atoms with Crippen molar-refractivity contribution in [3.05, 3.63) is 81.9 Å². The highest BCUT2D eigenvalue weighted by molar-refractivity contribution is 8.18. The molecule has 1 aliphatic rings. The smallest absolute Gasteiger partial charge is 0.294 e. The molecule has 4 rings (SSSR count). The lowest BCUT2D eigenvalue weighted by Gasteiger charge is -2.13. The number of anilines is 1. The van der Waals surface area contributed by atoms with E-state index in [2.05, 4.69) is 15.3 Å². The molecule has 2 aromatic carbocycles. The normalized spacial score (nSPS) is 14.6. The fraction of sp³-hybridized carbons (Fsp3) is 0.0870. The summed E-state index contributed by atoms with van der Waals surface area (Å²) in [4.78, 5) is 45.8. The number of rotatable bonds is 6. The number of imide groups is 1. The summed E-state index contributed by atoms with van der Waals surface area (Å²) in [6.45, 7) is 1.43. The van der Waals surface area contributed by atoms with Crippen molar-refractivity contribution in [2.45, 2.75) is 6.92 Å². The third-order valence-electron chi connectivity index (χ3n) is 4.65. The lowest BCUT2D eigenvalue weighted by atomic mass is 10.2. The van der Waals surface area contributed by atoms with E-state index in [0.29, 0.717) is 11.3 Å². The van der Waals surface area contributed by atoms with Gasteiger partial charge in [0, 0.05) is 5.69 Å². The molecule has 0 saturated carbocycles. The number of carbonyl (C=O) groups is 3. The van der Waals surface area contributed by atoms with Crippen LogP contribution in [0.15, 0.2) is 59.6 Å². The molecule has 8 nitrogen and oxygen atoms in total. The first-order valence-electron chi connectivity index (χ1n) is 9.87. The van der Waals surface area contributed by atoms with Crippen LogP contribution in [0.3, 0.4) is 0 Å². The number of aryl methyl sites for hydroxylation is 1. The predicted octanol–water partition coefficient (Wildman–Crippen LogP) is 5.04. The molecule has 11 heteroatoms. The van der Waals surface area contributed by atoms with Crippen LogP contribution < -0.4 is 10.1 Å². The van der Waals surface area contributed by atoms with E-state index in [1.165, 1.54) is 12.1 Å². The van der Waals surface area contributed by atoms with Gasteiger partial charge in [0.1, 0.15) is 12.3 Å². The lowest BCUT2D eigenvalue weighted by molar-refractivity contribution is -0.127. The first kappa shape index (κ1) is 23.4. The van der Waals surface area contributed by atoms with E-state index in [0.717, 1.165) is 28.4 Å². The second kappa shape index (κ2) is 10.0. The maximum absolute atomic E-state index is 13.8. The minimum atomic E-state index is -0.792. The minimum Gasteiger partial charge on any atom is -0.436 e. The van der Waals surface area contributed by atoms with Crippen molar-refractivity contribution >= 4 is 52.2 Å². The van der Waals surface area contributed by atoms with Gasteiger partial charge in [-0.3, -0.25) is 19.3 Å². The summed E-state index contributed by atoms with van der Waals surface area (Å²) < 4.78 is 19.3. The molecule has 3 aromatic rings. The summed E-state index contributed by atoms with van der Waals surface area (Å²) in [6.07, 6.45) is 2.38. The summed E-state index contributed by atoms with van der Waals surface area (Å²) >= 11 is 6.40. The number of amides is 3. The van der Waals surface area contributed by atoms with E-state index in [4.69, 9.17) is 16.3 Å². The largest absolute Gasteiger partial charge is 0.436 e. The molecule has 1 aromatic heterocycles. The maximum Gasteiger partial charge on any atom is 0.294 e. The SMILES string of the molecule is Cc1ccccc1NC(=O)CN1C(=O)S/C(=C/c2cccc(Oc3nc(Cl)ncc3F)c2)C1=O. The van der Waals surface area contributed by atoms with Crippen molar-refractivity contribution in [3.8, 4) is 11.6 Å². The molecule has 0 bridgehead atoms. The van der Waals surface area contributed by atoms with Gasteiger partial charge < -0.3 is 10.1 Å². The number of hydrogen-bond acceptors (Lipinski definition) is 7. The van der Waals surface area contributed by atoms with Crippen molar-refractivity contribution in [1.29, 1.82) is 0 Å².